The zero-order valence-corrected chi connectivity index (χ0v) is 46.0. The van der Waals surface area contributed by atoms with Crippen molar-refractivity contribution >= 4 is 13.7 Å². The van der Waals surface area contributed by atoms with Crippen molar-refractivity contribution in [3.8, 4) is 0 Å². The Labute approximate surface area is 417 Å². The fourth-order valence-electron chi connectivity index (χ4n) is 8.52. The summed E-state index contributed by atoms with van der Waals surface area (Å²) in [6.45, 7) is 4.66. The van der Waals surface area contributed by atoms with Crippen molar-refractivity contribution in [3.05, 3.63) is 36.5 Å². The Morgan fingerprint density at radius 1 is 0.507 bits per heavy atom. The van der Waals surface area contributed by atoms with Crippen molar-refractivity contribution < 1.29 is 32.9 Å². The van der Waals surface area contributed by atoms with Gasteiger partial charge >= 0.3 is 0 Å². The summed E-state index contributed by atoms with van der Waals surface area (Å²) in [4.78, 5) is 25.5. The maximum absolute atomic E-state index is 13.0. The van der Waals surface area contributed by atoms with Crippen LogP contribution >= 0.6 is 7.82 Å². The van der Waals surface area contributed by atoms with E-state index in [4.69, 9.17) is 9.05 Å². The first-order valence-electron chi connectivity index (χ1n) is 28.9. The number of phosphoric ester groups is 1. The number of aliphatic hydroxyl groups excluding tert-OH is 1. The van der Waals surface area contributed by atoms with E-state index in [0.29, 0.717) is 17.4 Å². The second-order valence-corrected chi connectivity index (χ2v) is 22.4. The van der Waals surface area contributed by atoms with Crippen LogP contribution in [0.1, 0.15) is 277 Å². The standard InChI is InChI=1S/C58H113N2O6P/c1-6-8-10-12-14-16-18-20-22-24-26-28-30-32-34-36-38-40-42-44-46-48-50-52-58(62)59-56(55-66-67(63,64)65-54-53-60(3,4)5)57(61)51-49-47-45-43-41-39-37-35-33-31-29-27-25-23-21-19-17-15-13-11-9-7-2/h24,26,41,43,49,51,56-57,61H,6-23,25,27-40,42,44-48,50,52-55H2,1-5H3,(H-,59,62,63,64)/b26-24-,43-41+,51-49+. The van der Waals surface area contributed by atoms with E-state index in [-0.39, 0.29) is 12.5 Å². The molecular weight excluding hydrogens is 852 g/mol. The lowest BCUT2D eigenvalue weighted by atomic mass is 10.0. The number of unbranched alkanes of at least 4 members (excludes halogenated alkanes) is 36. The molecule has 0 rings (SSSR count). The molecule has 0 saturated carbocycles. The maximum atomic E-state index is 13.0. The fourth-order valence-corrected chi connectivity index (χ4v) is 9.24. The van der Waals surface area contributed by atoms with Crippen LogP contribution in [-0.4, -0.2) is 68.5 Å². The normalized spacial score (nSPS) is 14.2. The molecule has 2 N–H and O–H groups in total. The average Bonchev–Trinajstić information content (AvgIpc) is 3.29. The largest absolute Gasteiger partial charge is 0.756 e. The Morgan fingerprint density at radius 3 is 1.21 bits per heavy atom. The van der Waals surface area contributed by atoms with E-state index in [1.807, 2.05) is 27.2 Å². The van der Waals surface area contributed by atoms with Gasteiger partial charge in [0.1, 0.15) is 13.2 Å². The zero-order valence-electron chi connectivity index (χ0n) is 45.1. The van der Waals surface area contributed by atoms with Crippen LogP contribution in [0.25, 0.3) is 0 Å². The van der Waals surface area contributed by atoms with Gasteiger partial charge in [0, 0.05) is 6.42 Å². The monoisotopic (exact) mass is 965 g/mol. The van der Waals surface area contributed by atoms with E-state index in [9.17, 15) is 19.4 Å². The van der Waals surface area contributed by atoms with E-state index in [1.165, 1.54) is 218 Å². The lowest BCUT2D eigenvalue weighted by Gasteiger charge is -2.29. The molecule has 0 spiro atoms. The Kier molecular flexibility index (Phi) is 48.7. The molecular formula is C58H113N2O6P. The summed E-state index contributed by atoms with van der Waals surface area (Å²) in [5.74, 6) is -0.205. The number of hydrogen-bond acceptors (Lipinski definition) is 6. The average molecular weight is 966 g/mol. The van der Waals surface area contributed by atoms with Crippen molar-refractivity contribution in [2.24, 2.45) is 0 Å². The maximum Gasteiger partial charge on any atom is 0.268 e. The van der Waals surface area contributed by atoms with Crippen LogP contribution in [0, 0.1) is 0 Å². The van der Waals surface area contributed by atoms with Gasteiger partial charge in [-0.2, -0.15) is 0 Å². The quantitative estimate of drug-likeness (QED) is 0.0272. The van der Waals surface area contributed by atoms with Gasteiger partial charge in [-0.05, 0) is 57.8 Å². The highest BCUT2D eigenvalue weighted by Crippen LogP contribution is 2.38. The first-order chi connectivity index (χ1) is 32.5. The molecule has 9 heteroatoms. The molecule has 0 heterocycles. The van der Waals surface area contributed by atoms with Gasteiger partial charge in [0.15, 0.2) is 0 Å². The topological polar surface area (TPSA) is 108 Å². The van der Waals surface area contributed by atoms with Gasteiger partial charge < -0.3 is 28.8 Å². The molecule has 0 saturated heterocycles. The molecule has 8 nitrogen and oxygen atoms in total. The molecule has 0 aromatic rings. The molecule has 0 aliphatic rings. The third kappa shape index (κ3) is 52.4. The third-order valence-corrected chi connectivity index (χ3v) is 14.0. The highest BCUT2D eigenvalue weighted by Gasteiger charge is 2.23. The molecule has 1 amide bonds. The van der Waals surface area contributed by atoms with Gasteiger partial charge in [0.2, 0.25) is 5.91 Å². The van der Waals surface area contributed by atoms with Crippen molar-refractivity contribution in [1.29, 1.82) is 0 Å². The van der Waals surface area contributed by atoms with Crippen molar-refractivity contribution in [1.82, 2.24) is 5.32 Å². The second kappa shape index (κ2) is 49.7. The lowest BCUT2D eigenvalue weighted by molar-refractivity contribution is -0.870. The van der Waals surface area contributed by atoms with E-state index in [2.05, 4.69) is 43.5 Å². The number of rotatable bonds is 53. The minimum atomic E-state index is -4.60. The summed E-state index contributed by atoms with van der Waals surface area (Å²) in [5.41, 5.74) is 0. The molecule has 0 radical (unpaired) electrons. The second-order valence-electron chi connectivity index (χ2n) is 21.0. The van der Waals surface area contributed by atoms with Crippen molar-refractivity contribution in [3.63, 3.8) is 0 Å². The first kappa shape index (κ1) is 65.7. The van der Waals surface area contributed by atoms with E-state index in [0.717, 1.165) is 38.5 Å². The van der Waals surface area contributed by atoms with Crippen LogP contribution < -0.4 is 10.2 Å². The van der Waals surface area contributed by atoms with Gasteiger partial charge in [-0.15, -0.1) is 0 Å². The minimum Gasteiger partial charge on any atom is -0.756 e. The molecule has 3 unspecified atom stereocenters. The number of hydrogen-bond donors (Lipinski definition) is 2. The minimum absolute atomic E-state index is 0.00566. The molecule has 67 heavy (non-hydrogen) atoms. The Morgan fingerprint density at radius 2 is 0.836 bits per heavy atom. The molecule has 0 aromatic heterocycles. The summed E-state index contributed by atoms with van der Waals surface area (Å²) in [5, 5.41) is 13.9. The number of quaternary nitrogens is 1. The number of carbonyl (C=O) groups excluding carboxylic acids is 1. The number of allylic oxidation sites excluding steroid dienone is 5. The smallest absolute Gasteiger partial charge is 0.268 e. The summed E-state index contributed by atoms with van der Waals surface area (Å²) < 4.78 is 23.3. The van der Waals surface area contributed by atoms with Gasteiger partial charge in [-0.3, -0.25) is 9.36 Å². The number of aliphatic hydroxyl groups is 1. The number of phosphoric acid groups is 1. The predicted octanol–water partition coefficient (Wildman–Crippen LogP) is 16.7. The van der Waals surface area contributed by atoms with Crippen molar-refractivity contribution in [2.75, 3.05) is 40.9 Å². The molecule has 396 valence electrons. The molecule has 0 bridgehead atoms. The molecule has 0 aliphatic carbocycles. The zero-order chi connectivity index (χ0) is 49.2. The third-order valence-electron chi connectivity index (χ3n) is 13.1. The summed E-state index contributed by atoms with van der Waals surface area (Å²) in [7, 11) is 1.25. The summed E-state index contributed by atoms with van der Waals surface area (Å²) in [6.07, 6.45) is 63.6. The Balaban J connectivity index is 4.25. The summed E-state index contributed by atoms with van der Waals surface area (Å²) in [6, 6.07) is -0.903. The van der Waals surface area contributed by atoms with Crippen LogP contribution in [0.5, 0.6) is 0 Å². The van der Waals surface area contributed by atoms with E-state index < -0.39 is 26.6 Å². The number of nitrogens with zero attached hydrogens (tertiary/aromatic N) is 1. The molecule has 0 fully saturated rings. The number of carbonyl (C=O) groups is 1. The molecule has 0 aliphatic heterocycles. The van der Waals surface area contributed by atoms with E-state index >= 15 is 0 Å². The molecule has 0 aromatic carbocycles. The lowest BCUT2D eigenvalue weighted by Crippen LogP contribution is -2.45. The highest BCUT2D eigenvalue weighted by atomic mass is 31.2. The number of nitrogens with one attached hydrogen (secondary N) is 1. The number of amides is 1. The van der Waals surface area contributed by atoms with Crippen LogP contribution in [-0.2, 0) is 18.4 Å². The van der Waals surface area contributed by atoms with E-state index in [1.54, 1.807) is 6.08 Å². The first-order valence-corrected chi connectivity index (χ1v) is 30.3. The van der Waals surface area contributed by atoms with Crippen molar-refractivity contribution in [2.45, 2.75) is 289 Å². The predicted molar refractivity (Wildman–Crippen MR) is 288 cm³/mol. The Bertz CT molecular complexity index is 1190. The van der Waals surface area contributed by atoms with Gasteiger partial charge in [-0.1, -0.05) is 249 Å². The van der Waals surface area contributed by atoms with Crippen LogP contribution in [0.2, 0.25) is 0 Å². The van der Waals surface area contributed by atoms with Gasteiger partial charge in [0.25, 0.3) is 7.82 Å². The van der Waals surface area contributed by atoms with Crippen LogP contribution in [0.4, 0.5) is 0 Å². The van der Waals surface area contributed by atoms with Crippen LogP contribution in [0.15, 0.2) is 36.5 Å². The van der Waals surface area contributed by atoms with Gasteiger partial charge in [-0.25, -0.2) is 0 Å². The highest BCUT2D eigenvalue weighted by molar-refractivity contribution is 7.45. The SMILES string of the molecule is CCCCCCCCCC/C=C\CCCCCCCCCCCCCC(=O)NC(COP(=O)([O-])OCC[N+](C)(C)C)C(O)/C=C/CC/C=C/CCCCCCCCCCCCCCCCCC. The van der Waals surface area contributed by atoms with Crippen LogP contribution in [0.3, 0.4) is 0 Å². The fraction of sp³-hybridized carbons (Fsp3) is 0.879. The number of likely N-dealkylation sites (N-methyl/N-ethyl adjacent to an activating group) is 1. The van der Waals surface area contributed by atoms with Gasteiger partial charge in [0.05, 0.1) is 39.9 Å². The Hall–Kier alpha value is -1.28. The molecule has 3 atom stereocenters. The summed E-state index contributed by atoms with van der Waals surface area (Å²) >= 11 is 0.